The Kier molecular flexibility index (Phi) is 6.30. The molecule has 0 aromatic heterocycles. The van der Waals surface area contributed by atoms with E-state index in [1.807, 2.05) is 0 Å². The summed E-state index contributed by atoms with van der Waals surface area (Å²) in [7, 11) is 1.75. The molecule has 1 N–H and O–H groups in total. The van der Waals surface area contributed by atoms with Crippen molar-refractivity contribution in [2.24, 2.45) is 0 Å². The number of benzene rings is 1. The summed E-state index contributed by atoms with van der Waals surface area (Å²) in [6.07, 6.45) is 1.15. The zero-order valence-electron chi connectivity index (χ0n) is 12.7. The van der Waals surface area contributed by atoms with Gasteiger partial charge in [-0.25, -0.2) is 0 Å². The van der Waals surface area contributed by atoms with Crippen LogP contribution in [0.1, 0.15) is 24.5 Å². The van der Waals surface area contributed by atoms with Gasteiger partial charge in [-0.2, -0.15) is 0 Å². The van der Waals surface area contributed by atoms with Crippen molar-refractivity contribution in [1.82, 2.24) is 10.2 Å². The summed E-state index contributed by atoms with van der Waals surface area (Å²) in [6.45, 7) is 8.78. The van der Waals surface area contributed by atoms with Crippen LogP contribution in [-0.4, -0.2) is 44.9 Å². The minimum absolute atomic E-state index is 0.843. The molecule has 0 amide bonds. The molecule has 0 unspecified atom stereocenters. The lowest BCUT2D eigenvalue weighted by Crippen LogP contribution is -2.35. The molecule has 2 rings (SSSR count). The van der Waals surface area contributed by atoms with E-state index in [4.69, 9.17) is 9.47 Å². The molecule has 112 valence electrons. The van der Waals surface area contributed by atoms with Crippen molar-refractivity contribution in [3.63, 3.8) is 0 Å². The van der Waals surface area contributed by atoms with E-state index in [0.29, 0.717) is 0 Å². The number of hydrogen-bond donors (Lipinski definition) is 1. The van der Waals surface area contributed by atoms with Gasteiger partial charge in [-0.05, 0) is 24.6 Å². The number of nitrogens with one attached hydrogen (secondary N) is 1. The van der Waals surface area contributed by atoms with Crippen LogP contribution in [0.4, 0.5) is 0 Å². The highest BCUT2D eigenvalue weighted by atomic mass is 16.5. The molecule has 0 bridgehead atoms. The van der Waals surface area contributed by atoms with Crippen LogP contribution in [0, 0.1) is 0 Å². The van der Waals surface area contributed by atoms with E-state index < -0.39 is 0 Å². The third-order valence-corrected chi connectivity index (χ3v) is 3.60. The van der Waals surface area contributed by atoms with Crippen LogP contribution in [0.15, 0.2) is 18.2 Å². The van der Waals surface area contributed by atoms with E-state index in [-0.39, 0.29) is 0 Å². The number of ether oxygens (including phenoxy) is 2. The van der Waals surface area contributed by atoms with Crippen molar-refractivity contribution in [1.29, 1.82) is 0 Å². The van der Waals surface area contributed by atoms with Crippen LogP contribution in [-0.2, 0) is 17.8 Å². The summed E-state index contributed by atoms with van der Waals surface area (Å²) in [5, 5.41) is 3.42. The van der Waals surface area contributed by atoms with Crippen LogP contribution < -0.4 is 10.1 Å². The molecule has 0 saturated carbocycles. The normalized spacial score (nSPS) is 16.3. The molecule has 1 saturated heterocycles. The lowest BCUT2D eigenvalue weighted by atomic mass is 10.1. The molecule has 0 radical (unpaired) electrons. The number of rotatable bonds is 7. The molecule has 1 heterocycles. The van der Waals surface area contributed by atoms with Crippen molar-refractivity contribution in [2.75, 3.05) is 40.0 Å². The Morgan fingerprint density at radius 2 is 2.10 bits per heavy atom. The second-order valence-corrected chi connectivity index (χ2v) is 5.21. The summed E-state index contributed by atoms with van der Waals surface area (Å²) < 4.78 is 10.9. The number of morpholine rings is 1. The lowest BCUT2D eigenvalue weighted by Gasteiger charge is -2.26. The molecule has 0 aliphatic carbocycles. The summed E-state index contributed by atoms with van der Waals surface area (Å²) in [5.74, 6) is 0.986. The molecule has 20 heavy (non-hydrogen) atoms. The molecular formula is C16H26N2O2. The molecular weight excluding hydrogens is 252 g/mol. The largest absolute Gasteiger partial charge is 0.496 e. The van der Waals surface area contributed by atoms with E-state index in [1.165, 1.54) is 11.1 Å². The van der Waals surface area contributed by atoms with E-state index in [9.17, 15) is 0 Å². The molecule has 1 aliphatic heterocycles. The van der Waals surface area contributed by atoms with Gasteiger partial charge >= 0.3 is 0 Å². The van der Waals surface area contributed by atoms with Crippen LogP contribution in [0.5, 0.6) is 5.75 Å². The predicted molar refractivity (Wildman–Crippen MR) is 81.1 cm³/mol. The van der Waals surface area contributed by atoms with Gasteiger partial charge in [0.05, 0.1) is 20.3 Å². The topological polar surface area (TPSA) is 33.7 Å². The molecule has 0 atom stereocenters. The zero-order valence-corrected chi connectivity index (χ0v) is 12.7. The fourth-order valence-corrected chi connectivity index (χ4v) is 2.45. The Labute approximate surface area is 122 Å². The SMILES string of the molecule is CCCNCc1ccc(CN2CCOCC2)cc1OC. The highest BCUT2D eigenvalue weighted by Crippen LogP contribution is 2.21. The van der Waals surface area contributed by atoms with Crippen molar-refractivity contribution < 1.29 is 9.47 Å². The highest BCUT2D eigenvalue weighted by molar-refractivity contribution is 5.37. The maximum atomic E-state index is 5.52. The molecule has 4 heteroatoms. The van der Waals surface area contributed by atoms with Gasteiger partial charge in [-0.1, -0.05) is 19.1 Å². The van der Waals surface area contributed by atoms with Gasteiger partial charge in [0.1, 0.15) is 5.75 Å². The second kappa shape index (κ2) is 8.25. The molecule has 1 aromatic rings. The summed E-state index contributed by atoms with van der Waals surface area (Å²) >= 11 is 0. The van der Waals surface area contributed by atoms with E-state index in [0.717, 1.165) is 58.1 Å². The standard InChI is InChI=1S/C16H26N2O2/c1-3-6-17-12-15-5-4-14(11-16(15)19-2)13-18-7-9-20-10-8-18/h4-5,11,17H,3,6-10,12-13H2,1-2H3. The summed E-state index contributed by atoms with van der Waals surface area (Å²) in [6, 6.07) is 6.55. The van der Waals surface area contributed by atoms with E-state index >= 15 is 0 Å². The molecule has 1 aromatic carbocycles. The van der Waals surface area contributed by atoms with Crippen LogP contribution in [0.3, 0.4) is 0 Å². The van der Waals surface area contributed by atoms with Crippen LogP contribution >= 0.6 is 0 Å². The van der Waals surface area contributed by atoms with Crippen molar-refractivity contribution >= 4 is 0 Å². The first kappa shape index (κ1) is 15.3. The Hall–Kier alpha value is -1.10. The van der Waals surface area contributed by atoms with Gasteiger partial charge in [0.2, 0.25) is 0 Å². The van der Waals surface area contributed by atoms with Crippen LogP contribution in [0.25, 0.3) is 0 Å². The third kappa shape index (κ3) is 4.47. The number of methoxy groups -OCH3 is 1. The fraction of sp³-hybridized carbons (Fsp3) is 0.625. The second-order valence-electron chi connectivity index (χ2n) is 5.21. The first-order valence-electron chi connectivity index (χ1n) is 7.50. The van der Waals surface area contributed by atoms with Gasteiger partial charge in [0, 0.05) is 31.7 Å². The first-order valence-corrected chi connectivity index (χ1v) is 7.50. The maximum absolute atomic E-state index is 5.52. The minimum Gasteiger partial charge on any atom is -0.496 e. The van der Waals surface area contributed by atoms with Gasteiger partial charge in [-0.15, -0.1) is 0 Å². The Bertz CT molecular complexity index is 403. The number of hydrogen-bond acceptors (Lipinski definition) is 4. The van der Waals surface area contributed by atoms with Gasteiger partial charge in [-0.3, -0.25) is 4.90 Å². The van der Waals surface area contributed by atoms with Crippen molar-refractivity contribution in [2.45, 2.75) is 26.4 Å². The predicted octanol–water partition coefficient (Wildman–Crippen LogP) is 2.03. The lowest BCUT2D eigenvalue weighted by molar-refractivity contribution is 0.0341. The minimum atomic E-state index is 0.843. The average molecular weight is 278 g/mol. The van der Waals surface area contributed by atoms with Gasteiger partial charge in [0.15, 0.2) is 0 Å². The summed E-state index contributed by atoms with van der Waals surface area (Å²) in [5.41, 5.74) is 2.54. The summed E-state index contributed by atoms with van der Waals surface area (Å²) in [4.78, 5) is 2.42. The molecule has 1 aliphatic rings. The van der Waals surface area contributed by atoms with Gasteiger partial charge < -0.3 is 14.8 Å². The molecule has 1 fully saturated rings. The highest BCUT2D eigenvalue weighted by Gasteiger charge is 2.12. The Balaban J connectivity index is 1.96. The monoisotopic (exact) mass is 278 g/mol. The van der Waals surface area contributed by atoms with Gasteiger partial charge in [0.25, 0.3) is 0 Å². The zero-order chi connectivity index (χ0) is 14.2. The smallest absolute Gasteiger partial charge is 0.123 e. The van der Waals surface area contributed by atoms with E-state index in [2.05, 4.69) is 35.3 Å². The maximum Gasteiger partial charge on any atom is 0.123 e. The number of nitrogens with zero attached hydrogens (tertiary/aromatic N) is 1. The molecule has 0 spiro atoms. The third-order valence-electron chi connectivity index (χ3n) is 3.60. The molecule has 4 nitrogen and oxygen atoms in total. The van der Waals surface area contributed by atoms with E-state index in [1.54, 1.807) is 7.11 Å². The Morgan fingerprint density at radius 1 is 1.30 bits per heavy atom. The Morgan fingerprint density at radius 3 is 2.80 bits per heavy atom. The van der Waals surface area contributed by atoms with Crippen molar-refractivity contribution in [3.05, 3.63) is 29.3 Å². The fourth-order valence-electron chi connectivity index (χ4n) is 2.45. The van der Waals surface area contributed by atoms with Crippen LogP contribution in [0.2, 0.25) is 0 Å². The quantitative estimate of drug-likeness (QED) is 0.774. The first-order chi connectivity index (χ1) is 9.83. The van der Waals surface area contributed by atoms with Crippen molar-refractivity contribution in [3.8, 4) is 5.75 Å². The average Bonchev–Trinajstić information content (AvgIpc) is 2.50.